The van der Waals surface area contributed by atoms with E-state index in [0.717, 1.165) is 36.2 Å². The van der Waals surface area contributed by atoms with Gasteiger partial charge < -0.3 is 20.1 Å². The number of hydrogen-bond acceptors (Lipinski definition) is 7. The van der Waals surface area contributed by atoms with E-state index < -0.39 is 45.8 Å². The molecule has 3 aromatic rings. The number of para-hydroxylation sites is 1. The first-order valence-corrected chi connectivity index (χ1v) is 19.5. The third kappa shape index (κ3) is 8.94. The number of nitrogens with zero attached hydrogens (tertiary/aromatic N) is 2. The van der Waals surface area contributed by atoms with Crippen LogP contribution in [0.3, 0.4) is 0 Å². The molecule has 11 nitrogen and oxygen atoms in total. The van der Waals surface area contributed by atoms with Crippen LogP contribution in [-0.4, -0.2) is 63.9 Å². The van der Waals surface area contributed by atoms with Crippen molar-refractivity contribution < 1.29 is 33.4 Å². The molecule has 12 heteroatoms. The van der Waals surface area contributed by atoms with Crippen LogP contribution in [0.1, 0.15) is 105 Å². The number of anilines is 1. The minimum absolute atomic E-state index is 0.00955. The monoisotopic (exact) mass is 788 g/mol. The number of urea groups is 1. The molecule has 5 amide bonds. The van der Waals surface area contributed by atoms with Crippen LogP contribution >= 0.6 is 11.6 Å². The zero-order chi connectivity index (χ0) is 41.7. The highest BCUT2D eigenvalue weighted by molar-refractivity contribution is 6.50. The van der Waals surface area contributed by atoms with Crippen molar-refractivity contribution in [1.82, 2.24) is 15.1 Å². The standard InChI is InChI=1S/C44H57ClN4O7/c1-11-41(6,7)31-25-26-34(33(28-31)42(8,9)12-2)56-27-19-24-35(50)47-44(55-10)38(53)49(39(54)48(44)29-30-20-15-13-16-21-30)43(45,36(51)40(3,4)5)37(52)46-32-22-17-14-18-23-32/h13-18,20-23,25-26,28H,11-12,19,24,27,29H2,1-10H3,(H,46,52)(H,47,50). The highest BCUT2D eigenvalue weighted by Gasteiger charge is 2.69. The molecule has 0 spiro atoms. The first-order valence-electron chi connectivity index (χ1n) is 19.1. The van der Waals surface area contributed by atoms with Gasteiger partial charge in [0.2, 0.25) is 5.91 Å². The van der Waals surface area contributed by atoms with E-state index in [1.54, 1.807) is 60.7 Å². The lowest BCUT2D eigenvalue weighted by Crippen LogP contribution is -2.66. The summed E-state index contributed by atoms with van der Waals surface area (Å²) in [6.07, 6.45) is 2.01. The number of hydrogen-bond donors (Lipinski definition) is 2. The van der Waals surface area contributed by atoms with Crippen molar-refractivity contribution in [2.24, 2.45) is 5.41 Å². The number of nitrogens with one attached hydrogen (secondary N) is 2. The summed E-state index contributed by atoms with van der Waals surface area (Å²) in [4.78, 5) is 69.8. The van der Waals surface area contributed by atoms with Gasteiger partial charge in [-0.25, -0.2) is 9.69 Å². The second-order valence-electron chi connectivity index (χ2n) is 16.6. The summed E-state index contributed by atoms with van der Waals surface area (Å²) in [5.41, 5.74) is 1.69. The fourth-order valence-electron chi connectivity index (χ4n) is 6.40. The van der Waals surface area contributed by atoms with Crippen LogP contribution in [0.4, 0.5) is 10.5 Å². The lowest BCUT2D eigenvalue weighted by atomic mass is 9.76. The maximum absolute atomic E-state index is 14.7. The van der Waals surface area contributed by atoms with Crippen LogP contribution < -0.4 is 15.4 Å². The number of ketones is 1. The Kier molecular flexibility index (Phi) is 13.5. The molecule has 1 heterocycles. The number of benzene rings is 3. The van der Waals surface area contributed by atoms with E-state index in [2.05, 4.69) is 64.3 Å². The van der Waals surface area contributed by atoms with Crippen LogP contribution in [0.5, 0.6) is 5.75 Å². The van der Waals surface area contributed by atoms with Crippen LogP contribution in [0.2, 0.25) is 0 Å². The van der Waals surface area contributed by atoms with Crippen molar-refractivity contribution in [3.63, 3.8) is 0 Å². The van der Waals surface area contributed by atoms with Gasteiger partial charge in [-0.3, -0.25) is 24.1 Å². The van der Waals surface area contributed by atoms with Gasteiger partial charge in [0.15, 0.2) is 5.78 Å². The Labute approximate surface area is 336 Å². The number of imide groups is 1. The van der Waals surface area contributed by atoms with Gasteiger partial charge in [0, 0.05) is 30.2 Å². The molecule has 56 heavy (non-hydrogen) atoms. The molecular weight excluding hydrogens is 732 g/mol. The molecule has 1 fully saturated rings. The average Bonchev–Trinajstić information content (AvgIpc) is 3.37. The Morgan fingerprint density at radius 3 is 1.96 bits per heavy atom. The van der Waals surface area contributed by atoms with Crippen LogP contribution in [0.25, 0.3) is 0 Å². The van der Waals surface area contributed by atoms with Gasteiger partial charge in [-0.1, -0.05) is 135 Å². The van der Waals surface area contributed by atoms with Gasteiger partial charge in [0.25, 0.3) is 10.9 Å². The third-order valence-corrected chi connectivity index (χ3v) is 11.3. The normalized spacial score (nSPS) is 17.4. The molecule has 2 unspecified atom stereocenters. The molecule has 1 aliphatic heterocycles. The quantitative estimate of drug-likeness (QED) is 0.0351. The molecule has 4 rings (SSSR count). The van der Waals surface area contributed by atoms with Gasteiger partial charge in [-0.05, 0) is 59.4 Å². The largest absolute Gasteiger partial charge is 0.493 e. The van der Waals surface area contributed by atoms with E-state index >= 15 is 0 Å². The minimum atomic E-state index is -2.87. The second kappa shape index (κ2) is 17.2. The van der Waals surface area contributed by atoms with E-state index in [9.17, 15) is 24.0 Å². The molecule has 0 radical (unpaired) electrons. The Hall–Kier alpha value is -4.74. The van der Waals surface area contributed by atoms with E-state index in [1.165, 1.54) is 26.3 Å². The Bertz CT molecular complexity index is 1910. The summed E-state index contributed by atoms with van der Waals surface area (Å²) < 4.78 is 12.0. The second-order valence-corrected chi connectivity index (χ2v) is 17.1. The Morgan fingerprint density at radius 1 is 0.821 bits per heavy atom. The van der Waals surface area contributed by atoms with Gasteiger partial charge in [0.1, 0.15) is 5.75 Å². The lowest BCUT2D eigenvalue weighted by Gasteiger charge is -2.36. The molecule has 0 aromatic heterocycles. The molecule has 302 valence electrons. The Morgan fingerprint density at radius 2 is 1.41 bits per heavy atom. The van der Waals surface area contributed by atoms with Crippen molar-refractivity contribution in [3.05, 3.63) is 95.6 Å². The van der Waals surface area contributed by atoms with E-state index in [4.69, 9.17) is 21.1 Å². The number of carbonyl (C=O) groups is 5. The molecule has 1 saturated heterocycles. The van der Waals surface area contributed by atoms with Crippen molar-refractivity contribution in [2.45, 2.75) is 116 Å². The molecule has 0 saturated carbocycles. The fraction of sp³-hybridized carbons (Fsp3) is 0.477. The minimum Gasteiger partial charge on any atom is -0.493 e. The highest BCUT2D eigenvalue weighted by Crippen LogP contribution is 2.41. The number of rotatable bonds is 17. The van der Waals surface area contributed by atoms with E-state index in [1.807, 2.05) is 6.07 Å². The molecule has 2 N–H and O–H groups in total. The third-order valence-electron chi connectivity index (χ3n) is 10.8. The first-order chi connectivity index (χ1) is 26.2. The average molecular weight is 789 g/mol. The maximum Gasteiger partial charge on any atom is 0.333 e. The van der Waals surface area contributed by atoms with E-state index in [-0.39, 0.29) is 42.5 Å². The van der Waals surface area contributed by atoms with E-state index in [0.29, 0.717) is 10.5 Å². The number of methoxy groups -OCH3 is 1. The summed E-state index contributed by atoms with van der Waals surface area (Å²) >= 11 is 7.03. The number of amides is 5. The number of alkyl halides is 1. The van der Waals surface area contributed by atoms with Crippen molar-refractivity contribution in [2.75, 3.05) is 19.0 Å². The van der Waals surface area contributed by atoms with Crippen LogP contribution in [0.15, 0.2) is 78.9 Å². The molecule has 0 bridgehead atoms. The van der Waals surface area contributed by atoms with Crippen LogP contribution in [-0.2, 0) is 41.3 Å². The maximum atomic E-state index is 14.7. The van der Waals surface area contributed by atoms with Gasteiger partial charge in [-0.15, -0.1) is 0 Å². The predicted molar refractivity (Wildman–Crippen MR) is 218 cm³/mol. The molecule has 3 aromatic carbocycles. The summed E-state index contributed by atoms with van der Waals surface area (Å²) in [5, 5.41) is 5.21. The van der Waals surface area contributed by atoms with Gasteiger partial charge in [-0.2, -0.15) is 0 Å². The van der Waals surface area contributed by atoms with Crippen LogP contribution in [0, 0.1) is 5.41 Å². The molecule has 0 aliphatic carbocycles. The topological polar surface area (TPSA) is 134 Å². The first kappa shape index (κ1) is 44.0. The molecule has 2 atom stereocenters. The van der Waals surface area contributed by atoms with Gasteiger partial charge >= 0.3 is 17.8 Å². The molecular formula is C44H57ClN4O7. The number of halogens is 1. The molecule has 1 aliphatic rings. The smallest absolute Gasteiger partial charge is 0.333 e. The highest BCUT2D eigenvalue weighted by atomic mass is 35.5. The number of ether oxygens (including phenoxy) is 2. The zero-order valence-corrected chi connectivity index (χ0v) is 35.1. The SMILES string of the molecule is CCC(C)(C)c1ccc(OCCCC(=O)NC2(OC)C(=O)N(C(Cl)(C(=O)Nc3ccccc3)C(=O)C(C)(C)C)C(=O)N2Cc2ccccc2)c(C(C)(C)CC)c1. The summed E-state index contributed by atoms with van der Waals surface area (Å²) in [5.74, 6) is -5.62. The van der Waals surface area contributed by atoms with Gasteiger partial charge in [0.05, 0.1) is 13.2 Å². The Balaban J connectivity index is 1.65. The summed E-state index contributed by atoms with van der Waals surface area (Å²) in [6.45, 7) is 17.6. The van der Waals surface area contributed by atoms with Crippen molar-refractivity contribution >= 4 is 46.8 Å². The number of Topliss-reactive ketones (excluding diaryl/α,β-unsaturated/α-hetero) is 1. The predicted octanol–water partition coefficient (Wildman–Crippen LogP) is 8.29. The van der Waals surface area contributed by atoms with Crippen molar-refractivity contribution in [1.29, 1.82) is 0 Å². The lowest BCUT2D eigenvalue weighted by molar-refractivity contribution is -0.175. The summed E-state index contributed by atoms with van der Waals surface area (Å²) in [6, 6.07) is 22.1. The zero-order valence-electron chi connectivity index (χ0n) is 34.4. The fourth-order valence-corrected chi connectivity index (χ4v) is 6.88. The number of carbonyl (C=O) groups excluding carboxylic acids is 5. The summed E-state index contributed by atoms with van der Waals surface area (Å²) in [7, 11) is 1.15. The van der Waals surface area contributed by atoms with Crippen molar-refractivity contribution in [3.8, 4) is 5.75 Å².